The number of nitrogens with zero attached hydrogens (tertiary/aromatic N) is 1. The van der Waals surface area contributed by atoms with Crippen molar-refractivity contribution in [3.63, 3.8) is 0 Å². The van der Waals surface area contributed by atoms with E-state index in [4.69, 9.17) is 5.73 Å². The molecule has 0 heterocycles. The van der Waals surface area contributed by atoms with Crippen LogP contribution in [0.15, 0.2) is 30.3 Å². The van der Waals surface area contributed by atoms with E-state index in [1.54, 1.807) is 7.05 Å². The Bertz CT molecular complexity index is 430. The fourth-order valence-electron chi connectivity index (χ4n) is 2.57. The van der Waals surface area contributed by atoms with Gasteiger partial charge < -0.3 is 16.0 Å². The number of amides is 1. The number of benzene rings is 1. The fraction of sp³-hybridized carbons (Fsp3) is 0.533. The maximum Gasteiger partial charge on any atom is 0.242 e. The van der Waals surface area contributed by atoms with Gasteiger partial charge in [0.2, 0.25) is 5.91 Å². The van der Waals surface area contributed by atoms with Crippen molar-refractivity contribution in [2.45, 2.75) is 30.8 Å². The van der Waals surface area contributed by atoms with Crippen LogP contribution in [-0.4, -0.2) is 37.5 Å². The Kier molecular flexibility index (Phi) is 4.22. The molecule has 1 aromatic rings. The number of nitrogens with two attached hydrogens (primary N) is 1. The zero-order valence-electron chi connectivity index (χ0n) is 11.7. The summed E-state index contributed by atoms with van der Waals surface area (Å²) in [6, 6.07) is 10.4. The van der Waals surface area contributed by atoms with Crippen LogP contribution in [-0.2, 0) is 10.3 Å². The van der Waals surface area contributed by atoms with E-state index >= 15 is 0 Å². The van der Waals surface area contributed by atoms with E-state index in [0.29, 0.717) is 12.5 Å². The first kappa shape index (κ1) is 14.0. The molecule has 1 unspecified atom stereocenters. The molecule has 4 nitrogen and oxygen atoms in total. The Labute approximate surface area is 115 Å². The second kappa shape index (κ2) is 5.72. The molecule has 0 aliphatic heterocycles. The van der Waals surface area contributed by atoms with Crippen molar-refractivity contribution in [3.05, 3.63) is 35.9 Å². The van der Waals surface area contributed by atoms with Gasteiger partial charge in [0.1, 0.15) is 5.54 Å². The third-order valence-electron chi connectivity index (χ3n) is 4.12. The molecule has 1 aromatic carbocycles. The SMILES string of the molecule is CNC(CCN(C)C1CC1)(C(N)=O)c1ccccc1. The highest BCUT2D eigenvalue weighted by molar-refractivity contribution is 5.86. The standard InChI is InChI=1S/C15H23N3O/c1-17-15(14(16)19,12-6-4-3-5-7-12)10-11-18(2)13-8-9-13/h3-7,13,17H,8-11H2,1-2H3,(H2,16,19). The Morgan fingerprint density at radius 3 is 2.53 bits per heavy atom. The fourth-order valence-corrected chi connectivity index (χ4v) is 2.57. The van der Waals surface area contributed by atoms with E-state index in [-0.39, 0.29) is 5.91 Å². The highest BCUT2D eigenvalue weighted by Crippen LogP contribution is 2.29. The van der Waals surface area contributed by atoms with Crippen molar-refractivity contribution in [1.29, 1.82) is 0 Å². The van der Waals surface area contributed by atoms with Crippen LogP contribution in [0.3, 0.4) is 0 Å². The van der Waals surface area contributed by atoms with Gasteiger partial charge >= 0.3 is 0 Å². The Balaban J connectivity index is 2.16. The second-order valence-electron chi connectivity index (χ2n) is 5.35. The van der Waals surface area contributed by atoms with E-state index in [0.717, 1.165) is 12.1 Å². The van der Waals surface area contributed by atoms with Gasteiger partial charge in [0.25, 0.3) is 0 Å². The minimum atomic E-state index is -0.773. The first-order valence-corrected chi connectivity index (χ1v) is 6.85. The second-order valence-corrected chi connectivity index (χ2v) is 5.35. The zero-order chi connectivity index (χ0) is 13.9. The van der Waals surface area contributed by atoms with Crippen molar-refractivity contribution in [3.8, 4) is 0 Å². The number of hydrogen-bond donors (Lipinski definition) is 2. The largest absolute Gasteiger partial charge is 0.368 e. The predicted molar refractivity (Wildman–Crippen MR) is 76.6 cm³/mol. The minimum absolute atomic E-state index is 0.314. The lowest BCUT2D eigenvalue weighted by atomic mass is 9.85. The smallest absolute Gasteiger partial charge is 0.242 e. The quantitative estimate of drug-likeness (QED) is 0.772. The van der Waals surface area contributed by atoms with Crippen molar-refractivity contribution in [2.24, 2.45) is 5.73 Å². The molecule has 1 aliphatic rings. The van der Waals surface area contributed by atoms with Gasteiger partial charge in [-0.05, 0) is 38.9 Å². The Hall–Kier alpha value is -1.39. The lowest BCUT2D eigenvalue weighted by Gasteiger charge is -2.32. The molecule has 1 aliphatic carbocycles. The van der Waals surface area contributed by atoms with Crippen LogP contribution < -0.4 is 11.1 Å². The molecule has 4 heteroatoms. The van der Waals surface area contributed by atoms with E-state index in [1.807, 2.05) is 30.3 Å². The minimum Gasteiger partial charge on any atom is -0.368 e. The van der Waals surface area contributed by atoms with E-state index < -0.39 is 5.54 Å². The first-order chi connectivity index (χ1) is 9.10. The molecule has 0 bridgehead atoms. The summed E-state index contributed by atoms with van der Waals surface area (Å²) >= 11 is 0. The highest BCUT2D eigenvalue weighted by Gasteiger charge is 2.38. The molecule has 0 saturated heterocycles. The van der Waals surface area contributed by atoms with Crippen molar-refractivity contribution < 1.29 is 4.79 Å². The summed E-state index contributed by atoms with van der Waals surface area (Å²) < 4.78 is 0. The van der Waals surface area contributed by atoms with Gasteiger partial charge in [0.05, 0.1) is 0 Å². The summed E-state index contributed by atoms with van der Waals surface area (Å²) in [4.78, 5) is 14.3. The number of rotatable bonds is 7. The molecule has 1 atom stereocenters. The summed E-state index contributed by atoms with van der Waals surface area (Å²) in [5.74, 6) is -0.314. The highest BCUT2D eigenvalue weighted by atomic mass is 16.1. The topological polar surface area (TPSA) is 58.4 Å². The van der Waals surface area contributed by atoms with Crippen LogP contribution >= 0.6 is 0 Å². The average molecular weight is 261 g/mol. The van der Waals surface area contributed by atoms with Gasteiger partial charge in [-0.3, -0.25) is 4.79 Å². The van der Waals surface area contributed by atoms with Gasteiger partial charge in [0.15, 0.2) is 0 Å². The summed E-state index contributed by atoms with van der Waals surface area (Å²) in [7, 11) is 3.92. The van der Waals surface area contributed by atoms with Crippen molar-refractivity contribution in [2.75, 3.05) is 20.6 Å². The third kappa shape index (κ3) is 2.96. The van der Waals surface area contributed by atoms with Crippen LogP contribution in [0.25, 0.3) is 0 Å². The lowest BCUT2D eigenvalue weighted by molar-refractivity contribution is -0.125. The number of primary amides is 1. The summed E-state index contributed by atoms with van der Waals surface area (Å²) in [5, 5.41) is 3.14. The van der Waals surface area contributed by atoms with Crippen LogP contribution in [0.4, 0.5) is 0 Å². The van der Waals surface area contributed by atoms with Crippen LogP contribution in [0.2, 0.25) is 0 Å². The predicted octanol–water partition coefficient (Wildman–Crippen LogP) is 1.07. The Morgan fingerprint density at radius 2 is 2.05 bits per heavy atom. The van der Waals surface area contributed by atoms with Crippen LogP contribution in [0, 0.1) is 0 Å². The molecule has 1 saturated carbocycles. The normalized spacial score (nSPS) is 18.3. The molecular weight excluding hydrogens is 238 g/mol. The molecule has 0 spiro atoms. The number of likely N-dealkylation sites (N-methyl/N-ethyl adjacent to an activating group) is 1. The van der Waals surface area contributed by atoms with Gasteiger partial charge in [-0.15, -0.1) is 0 Å². The lowest BCUT2D eigenvalue weighted by Crippen LogP contribution is -2.52. The van der Waals surface area contributed by atoms with Gasteiger partial charge in [-0.2, -0.15) is 0 Å². The average Bonchev–Trinajstić information content (AvgIpc) is 3.25. The molecule has 1 fully saturated rings. The molecule has 0 aromatic heterocycles. The molecule has 1 amide bonds. The van der Waals surface area contributed by atoms with Gasteiger partial charge in [-0.1, -0.05) is 30.3 Å². The maximum atomic E-state index is 12.0. The van der Waals surface area contributed by atoms with Gasteiger partial charge in [-0.25, -0.2) is 0 Å². The summed E-state index contributed by atoms with van der Waals surface area (Å²) in [6.45, 7) is 0.864. The Morgan fingerprint density at radius 1 is 1.42 bits per heavy atom. The van der Waals surface area contributed by atoms with E-state index in [9.17, 15) is 4.79 Å². The third-order valence-corrected chi connectivity index (χ3v) is 4.12. The zero-order valence-corrected chi connectivity index (χ0v) is 11.7. The van der Waals surface area contributed by atoms with Crippen molar-refractivity contribution in [1.82, 2.24) is 10.2 Å². The number of nitrogens with one attached hydrogen (secondary N) is 1. The molecule has 19 heavy (non-hydrogen) atoms. The maximum absolute atomic E-state index is 12.0. The first-order valence-electron chi connectivity index (χ1n) is 6.85. The molecule has 104 valence electrons. The summed E-state index contributed by atoms with van der Waals surface area (Å²) in [6.07, 6.45) is 3.23. The van der Waals surface area contributed by atoms with E-state index in [2.05, 4.69) is 17.3 Å². The molecule has 3 N–H and O–H groups in total. The van der Waals surface area contributed by atoms with Crippen molar-refractivity contribution >= 4 is 5.91 Å². The molecule has 2 rings (SSSR count). The monoisotopic (exact) mass is 261 g/mol. The number of carbonyl (C=O) groups is 1. The molecular formula is C15H23N3O. The molecule has 0 radical (unpaired) electrons. The van der Waals surface area contributed by atoms with E-state index in [1.165, 1.54) is 12.8 Å². The number of carbonyl (C=O) groups excluding carboxylic acids is 1. The van der Waals surface area contributed by atoms with Crippen LogP contribution in [0.5, 0.6) is 0 Å². The summed E-state index contributed by atoms with van der Waals surface area (Å²) in [5.41, 5.74) is 5.84. The van der Waals surface area contributed by atoms with Gasteiger partial charge in [0, 0.05) is 12.6 Å². The van der Waals surface area contributed by atoms with Crippen LogP contribution in [0.1, 0.15) is 24.8 Å². The number of hydrogen-bond acceptors (Lipinski definition) is 3.